The van der Waals surface area contributed by atoms with Crippen molar-refractivity contribution in [3.8, 4) is 0 Å². The van der Waals surface area contributed by atoms with E-state index in [1.165, 1.54) is 6.42 Å². The molecule has 4 nitrogen and oxygen atoms in total. The molecule has 0 aliphatic carbocycles. The summed E-state index contributed by atoms with van der Waals surface area (Å²) in [6.45, 7) is 4.60. The normalized spacial score (nSPS) is 35.4. The lowest BCUT2D eigenvalue weighted by molar-refractivity contribution is -0.138. The lowest BCUT2D eigenvalue weighted by Gasteiger charge is -2.36. The summed E-state index contributed by atoms with van der Waals surface area (Å²) in [7, 11) is 1.72. The van der Waals surface area contributed by atoms with E-state index in [1.54, 1.807) is 7.11 Å². The maximum atomic E-state index is 12.4. The average molecular weight is 226 g/mol. The van der Waals surface area contributed by atoms with E-state index in [2.05, 4.69) is 5.32 Å². The number of amides is 1. The van der Waals surface area contributed by atoms with Gasteiger partial charge in [-0.2, -0.15) is 0 Å². The Morgan fingerprint density at radius 1 is 1.50 bits per heavy atom. The van der Waals surface area contributed by atoms with Crippen LogP contribution in [0.4, 0.5) is 0 Å². The van der Waals surface area contributed by atoms with Gasteiger partial charge in [0.1, 0.15) is 0 Å². The van der Waals surface area contributed by atoms with Crippen molar-refractivity contribution < 1.29 is 9.53 Å². The molecule has 0 aromatic heterocycles. The summed E-state index contributed by atoms with van der Waals surface area (Å²) in [6.07, 6.45) is 4.50. The SMILES string of the molecule is COC1CCN(C(=O)C2(C)CCCCN2)C1. The van der Waals surface area contributed by atoms with Crippen molar-refractivity contribution in [2.75, 3.05) is 26.7 Å². The van der Waals surface area contributed by atoms with Crippen LogP contribution in [0.5, 0.6) is 0 Å². The molecular formula is C12H22N2O2. The minimum Gasteiger partial charge on any atom is -0.380 e. The molecule has 0 bridgehead atoms. The molecule has 1 amide bonds. The molecular weight excluding hydrogens is 204 g/mol. The third kappa shape index (κ3) is 2.23. The van der Waals surface area contributed by atoms with Gasteiger partial charge in [0, 0.05) is 20.2 Å². The van der Waals surface area contributed by atoms with Gasteiger partial charge < -0.3 is 15.0 Å². The molecule has 4 heteroatoms. The fraction of sp³-hybridized carbons (Fsp3) is 0.917. The minimum atomic E-state index is -0.332. The van der Waals surface area contributed by atoms with Crippen molar-refractivity contribution in [1.82, 2.24) is 10.2 Å². The second-order valence-electron chi connectivity index (χ2n) is 5.11. The summed E-state index contributed by atoms with van der Waals surface area (Å²) in [6, 6.07) is 0. The number of hydrogen-bond acceptors (Lipinski definition) is 3. The highest BCUT2D eigenvalue weighted by atomic mass is 16.5. The van der Waals surface area contributed by atoms with Crippen molar-refractivity contribution in [2.24, 2.45) is 0 Å². The van der Waals surface area contributed by atoms with E-state index < -0.39 is 0 Å². The minimum absolute atomic E-state index is 0.233. The first-order valence-electron chi connectivity index (χ1n) is 6.23. The number of nitrogens with zero attached hydrogens (tertiary/aromatic N) is 1. The predicted octanol–water partition coefficient (Wildman–Crippen LogP) is 0.766. The van der Waals surface area contributed by atoms with E-state index in [9.17, 15) is 4.79 Å². The van der Waals surface area contributed by atoms with Gasteiger partial charge in [-0.15, -0.1) is 0 Å². The number of carbonyl (C=O) groups excluding carboxylic acids is 1. The third-order valence-corrected chi connectivity index (χ3v) is 3.86. The first-order chi connectivity index (χ1) is 7.65. The molecule has 1 N–H and O–H groups in total. The molecule has 2 unspecified atom stereocenters. The standard InChI is InChI=1S/C12H22N2O2/c1-12(6-3-4-7-13-12)11(15)14-8-5-10(9-14)16-2/h10,13H,3-9H2,1-2H3. The van der Waals surface area contributed by atoms with E-state index in [1.807, 2.05) is 11.8 Å². The molecule has 2 aliphatic rings. The van der Waals surface area contributed by atoms with Gasteiger partial charge in [-0.25, -0.2) is 0 Å². The molecule has 0 radical (unpaired) electrons. The Kier molecular flexibility index (Phi) is 3.50. The molecule has 0 aromatic rings. The lowest BCUT2D eigenvalue weighted by Crippen LogP contribution is -2.57. The number of rotatable bonds is 2. The Hall–Kier alpha value is -0.610. The summed E-state index contributed by atoms with van der Waals surface area (Å²) in [4.78, 5) is 14.3. The van der Waals surface area contributed by atoms with Gasteiger partial charge in [0.15, 0.2) is 0 Å². The van der Waals surface area contributed by atoms with E-state index in [0.29, 0.717) is 0 Å². The Morgan fingerprint density at radius 3 is 2.88 bits per heavy atom. The summed E-state index contributed by atoms with van der Waals surface area (Å²) in [5, 5.41) is 3.37. The second-order valence-corrected chi connectivity index (χ2v) is 5.11. The van der Waals surface area contributed by atoms with Crippen molar-refractivity contribution in [3.63, 3.8) is 0 Å². The Bertz CT molecular complexity index is 262. The summed E-state index contributed by atoms with van der Waals surface area (Å²) in [5.41, 5.74) is -0.332. The zero-order valence-corrected chi connectivity index (χ0v) is 10.3. The molecule has 2 rings (SSSR count). The smallest absolute Gasteiger partial charge is 0.242 e. The number of likely N-dealkylation sites (tertiary alicyclic amines) is 1. The van der Waals surface area contributed by atoms with Crippen molar-refractivity contribution >= 4 is 5.91 Å². The van der Waals surface area contributed by atoms with Gasteiger partial charge in [-0.1, -0.05) is 0 Å². The van der Waals surface area contributed by atoms with Crippen molar-refractivity contribution in [3.05, 3.63) is 0 Å². The number of ether oxygens (including phenoxy) is 1. The fourth-order valence-corrected chi connectivity index (χ4v) is 2.69. The second kappa shape index (κ2) is 4.72. The van der Waals surface area contributed by atoms with E-state index >= 15 is 0 Å². The topological polar surface area (TPSA) is 41.6 Å². The van der Waals surface area contributed by atoms with Gasteiger partial charge in [-0.3, -0.25) is 4.79 Å². The van der Waals surface area contributed by atoms with Gasteiger partial charge in [0.25, 0.3) is 0 Å². The predicted molar refractivity (Wildman–Crippen MR) is 62.3 cm³/mol. The first-order valence-corrected chi connectivity index (χ1v) is 6.23. The molecule has 2 saturated heterocycles. The average Bonchev–Trinajstić information content (AvgIpc) is 2.77. The molecule has 92 valence electrons. The van der Waals surface area contributed by atoms with Crippen LogP contribution in [0.15, 0.2) is 0 Å². The van der Waals surface area contributed by atoms with E-state index in [4.69, 9.17) is 4.74 Å². The Balaban J connectivity index is 1.96. The van der Waals surface area contributed by atoms with Crippen molar-refractivity contribution in [2.45, 2.75) is 44.2 Å². The summed E-state index contributed by atoms with van der Waals surface area (Å²) >= 11 is 0. The summed E-state index contributed by atoms with van der Waals surface area (Å²) in [5.74, 6) is 0.256. The van der Waals surface area contributed by atoms with Gasteiger partial charge in [0.2, 0.25) is 5.91 Å². The monoisotopic (exact) mass is 226 g/mol. The van der Waals surface area contributed by atoms with Crippen LogP contribution in [0.25, 0.3) is 0 Å². The van der Waals surface area contributed by atoms with Gasteiger partial charge in [-0.05, 0) is 39.2 Å². The highest BCUT2D eigenvalue weighted by Gasteiger charge is 2.39. The summed E-state index contributed by atoms with van der Waals surface area (Å²) < 4.78 is 5.30. The molecule has 2 aliphatic heterocycles. The number of hydrogen-bond donors (Lipinski definition) is 1. The van der Waals surface area contributed by atoms with Crippen molar-refractivity contribution in [1.29, 1.82) is 0 Å². The lowest BCUT2D eigenvalue weighted by atomic mass is 9.89. The van der Waals surface area contributed by atoms with Crippen LogP contribution in [0.1, 0.15) is 32.6 Å². The number of methoxy groups -OCH3 is 1. The molecule has 2 heterocycles. The van der Waals surface area contributed by atoms with Crippen LogP contribution >= 0.6 is 0 Å². The number of piperidine rings is 1. The highest BCUT2D eigenvalue weighted by Crippen LogP contribution is 2.24. The van der Waals surface area contributed by atoms with E-state index in [-0.39, 0.29) is 17.6 Å². The first kappa shape index (κ1) is 11.9. The van der Waals surface area contributed by atoms with Gasteiger partial charge >= 0.3 is 0 Å². The van der Waals surface area contributed by atoms with Crippen LogP contribution < -0.4 is 5.32 Å². The van der Waals surface area contributed by atoms with Crippen LogP contribution in [-0.4, -0.2) is 49.2 Å². The Labute approximate surface area is 97.3 Å². The molecule has 0 spiro atoms. The number of carbonyl (C=O) groups is 1. The molecule has 2 fully saturated rings. The number of nitrogens with one attached hydrogen (secondary N) is 1. The largest absolute Gasteiger partial charge is 0.380 e. The van der Waals surface area contributed by atoms with Gasteiger partial charge in [0.05, 0.1) is 11.6 Å². The van der Waals surface area contributed by atoms with Crippen LogP contribution in [0, 0.1) is 0 Å². The quantitative estimate of drug-likeness (QED) is 0.756. The maximum Gasteiger partial charge on any atom is 0.242 e. The molecule has 16 heavy (non-hydrogen) atoms. The zero-order chi connectivity index (χ0) is 11.6. The molecule has 0 aromatic carbocycles. The third-order valence-electron chi connectivity index (χ3n) is 3.86. The van der Waals surface area contributed by atoms with Crippen LogP contribution in [0.3, 0.4) is 0 Å². The molecule has 0 saturated carbocycles. The van der Waals surface area contributed by atoms with Crippen LogP contribution in [0.2, 0.25) is 0 Å². The Morgan fingerprint density at radius 2 is 2.31 bits per heavy atom. The maximum absolute atomic E-state index is 12.4. The zero-order valence-electron chi connectivity index (χ0n) is 10.3. The molecule has 2 atom stereocenters. The van der Waals surface area contributed by atoms with E-state index in [0.717, 1.165) is 38.9 Å². The van der Waals surface area contributed by atoms with Crippen LogP contribution in [-0.2, 0) is 9.53 Å². The highest BCUT2D eigenvalue weighted by molar-refractivity contribution is 5.86. The fourth-order valence-electron chi connectivity index (χ4n) is 2.69.